The molecular formula is C14H19N3OS. The Bertz CT molecular complexity index is 565. The third-order valence-corrected chi connectivity index (χ3v) is 4.27. The molecule has 1 unspecified atom stereocenters. The summed E-state index contributed by atoms with van der Waals surface area (Å²) < 4.78 is 0. The number of aromatic nitrogens is 2. The summed E-state index contributed by atoms with van der Waals surface area (Å²) in [4.78, 5) is 7.80. The molecule has 19 heavy (non-hydrogen) atoms. The molecule has 1 saturated carbocycles. The molecule has 0 aliphatic heterocycles. The molecule has 0 radical (unpaired) electrons. The number of aliphatic hydroxyl groups is 1. The third-order valence-electron chi connectivity index (χ3n) is 3.25. The number of hydrogen-bond acceptors (Lipinski definition) is 4. The Balaban J connectivity index is 1.55. The topological polar surface area (TPSA) is 60.9 Å². The van der Waals surface area contributed by atoms with Gasteiger partial charge in [-0.25, -0.2) is 4.98 Å². The monoisotopic (exact) mass is 277 g/mol. The second-order valence-corrected chi connectivity index (χ2v) is 6.22. The summed E-state index contributed by atoms with van der Waals surface area (Å²) >= 11 is 1.58. The van der Waals surface area contributed by atoms with Crippen LogP contribution in [0, 0.1) is 6.92 Å². The van der Waals surface area contributed by atoms with Gasteiger partial charge in [0.25, 0.3) is 0 Å². The van der Waals surface area contributed by atoms with Crippen LogP contribution in [-0.2, 0) is 0 Å². The molecule has 1 heterocycles. The maximum absolute atomic E-state index is 9.88. The first-order valence-corrected chi connectivity index (χ1v) is 7.70. The maximum Gasteiger partial charge on any atom is 0.166 e. The lowest BCUT2D eigenvalue weighted by Gasteiger charge is -2.09. The number of thioether (sulfide) groups is 1. The van der Waals surface area contributed by atoms with Crippen LogP contribution < -0.4 is 5.32 Å². The lowest BCUT2D eigenvalue weighted by molar-refractivity contribution is 0.195. The van der Waals surface area contributed by atoms with Crippen molar-refractivity contribution in [3.8, 4) is 0 Å². The number of nitrogens with one attached hydrogen (secondary N) is 2. The second-order valence-electron chi connectivity index (χ2n) is 5.21. The van der Waals surface area contributed by atoms with E-state index >= 15 is 0 Å². The van der Waals surface area contributed by atoms with Crippen LogP contribution in [-0.4, -0.2) is 39.5 Å². The van der Waals surface area contributed by atoms with Crippen molar-refractivity contribution in [2.45, 2.75) is 37.1 Å². The van der Waals surface area contributed by atoms with Gasteiger partial charge in [-0.15, -0.1) is 0 Å². The van der Waals surface area contributed by atoms with E-state index in [0.717, 1.165) is 16.2 Å². The Kier molecular flexibility index (Phi) is 3.77. The van der Waals surface area contributed by atoms with Gasteiger partial charge < -0.3 is 15.4 Å². The largest absolute Gasteiger partial charge is 0.391 e. The lowest BCUT2D eigenvalue weighted by atomic mass is 10.2. The summed E-state index contributed by atoms with van der Waals surface area (Å²) in [5, 5.41) is 14.1. The Hall–Kier alpha value is -1.04. The van der Waals surface area contributed by atoms with Crippen molar-refractivity contribution in [3.63, 3.8) is 0 Å². The molecule has 102 valence electrons. The van der Waals surface area contributed by atoms with Gasteiger partial charge in [-0.3, -0.25) is 0 Å². The number of benzene rings is 1. The van der Waals surface area contributed by atoms with Gasteiger partial charge >= 0.3 is 0 Å². The molecule has 0 bridgehead atoms. The van der Waals surface area contributed by atoms with Gasteiger partial charge in [0.15, 0.2) is 5.16 Å². The highest BCUT2D eigenvalue weighted by Gasteiger charge is 2.21. The smallest absolute Gasteiger partial charge is 0.166 e. The van der Waals surface area contributed by atoms with Gasteiger partial charge in [0, 0.05) is 18.3 Å². The number of aryl methyl sites for hydroxylation is 1. The third kappa shape index (κ3) is 3.49. The Morgan fingerprint density at radius 1 is 1.53 bits per heavy atom. The van der Waals surface area contributed by atoms with Crippen molar-refractivity contribution >= 4 is 22.8 Å². The molecule has 1 aliphatic carbocycles. The average molecular weight is 277 g/mol. The van der Waals surface area contributed by atoms with Crippen molar-refractivity contribution in [1.29, 1.82) is 0 Å². The van der Waals surface area contributed by atoms with E-state index in [1.807, 2.05) is 6.07 Å². The minimum atomic E-state index is -0.319. The fourth-order valence-corrected chi connectivity index (χ4v) is 2.81. The van der Waals surface area contributed by atoms with Gasteiger partial charge in [-0.05, 0) is 37.5 Å². The molecule has 3 N–H and O–H groups in total. The number of aromatic amines is 1. The molecule has 1 aliphatic rings. The SMILES string of the molecule is Cc1ccc2nc(SCC(O)CNC3CC3)[nH]c2c1. The number of rotatable bonds is 6. The van der Waals surface area contributed by atoms with Crippen LogP contribution in [0.5, 0.6) is 0 Å². The molecule has 0 spiro atoms. The predicted octanol–water partition coefficient (Wildman–Crippen LogP) is 2.08. The van der Waals surface area contributed by atoms with Crippen LogP contribution >= 0.6 is 11.8 Å². The molecular weight excluding hydrogens is 258 g/mol. The van der Waals surface area contributed by atoms with Crippen LogP contribution in [0.25, 0.3) is 11.0 Å². The van der Waals surface area contributed by atoms with Crippen molar-refractivity contribution in [2.75, 3.05) is 12.3 Å². The first kappa shape index (κ1) is 13.0. The number of H-pyrrole nitrogens is 1. The van der Waals surface area contributed by atoms with E-state index in [0.29, 0.717) is 18.3 Å². The van der Waals surface area contributed by atoms with E-state index in [1.165, 1.54) is 18.4 Å². The molecule has 1 aromatic carbocycles. The Morgan fingerprint density at radius 2 is 2.37 bits per heavy atom. The van der Waals surface area contributed by atoms with Gasteiger partial charge in [0.1, 0.15) is 0 Å². The van der Waals surface area contributed by atoms with E-state index in [1.54, 1.807) is 11.8 Å². The normalized spacial score (nSPS) is 16.9. The number of nitrogens with zero attached hydrogens (tertiary/aromatic N) is 1. The minimum Gasteiger partial charge on any atom is -0.391 e. The predicted molar refractivity (Wildman–Crippen MR) is 78.6 cm³/mol. The average Bonchev–Trinajstić information content (AvgIpc) is 3.13. The summed E-state index contributed by atoms with van der Waals surface area (Å²) in [6.07, 6.45) is 2.19. The van der Waals surface area contributed by atoms with Gasteiger partial charge in [-0.2, -0.15) is 0 Å². The summed E-state index contributed by atoms with van der Waals surface area (Å²) in [5.74, 6) is 0.665. The molecule has 4 nitrogen and oxygen atoms in total. The zero-order valence-electron chi connectivity index (χ0n) is 11.0. The van der Waals surface area contributed by atoms with E-state index in [9.17, 15) is 5.11 Å². The Morgan fingerprint density at radius 3 is 3.16 bits per heavy atom. The molecule has 0 saturated heterocycles. The Labute approximate surface area is 117 Å². The fraction of sp³-hybridized carbons (Fsp3) is 0.500. The number of hydrogen-bond donors (Lipinski definition) is 3. The van der Waals surface area contributed by atoms with Crippen molar-refractivity contribution in [1.82, 2.24) is 15.3 Å². The van der Waals surface area contributed by atoms with Gasteiger partial charge in [-0.1, -0.05) is 17.8 Å². The van der Waals surface area contributed by atoms with Crippen molar-refractivity contribution < 1.29 is 5.11 Å². The molecule has 3 rings (SSSR count). The molecule has 1 fully saturated rings. The highest BCUT2D eigenvalue weighted by atomic mass is 32.2. The number of aliphatic hydroxyl groups excluding tert-OH is 1. The number of imidazole rings is 1. The second kappa shape index (κ2) is 5.53. The van der Waals surface area contributed by atoms with Crippen LogP contribution in [0.4, 0.5) is 0 Å². The van der Waals surface area contributed by atoms with E-state index in [-0.39, 0.29) is 6.10 Å². The van der Waals surface area contributed by atoms with Crippen molar-refractivity contribution in [2.24, 2.45) is 0 Å². The van der Waals surface area contributed by atoms with Gasteiger partial charge in [0.2, 0.25) is 0 Å². The quantitative estimate of drug-likeness (QED) is 0.708. The van der Waals surface area contributed by atoms with E-state index < -0.39 is 0 Å². The van der Waals surface area contributed by atoms with Crippen LogP contribution in [0.15, 0.2) is 23.4 Å². The molecule has 1 aromatic heterocycles. The first-order chi connectivity index (χ1) is 9.20. The summed E-state index contributed by atoms with van der Waals surface area (Å²) in [6.45, 7) is 2.75. The molecule has 0 amide bonds. The summed E-state index contributed by atoms with van der Waals surface area (Å²) in [6, 6.07) is 6.83. The molecule has 2 aromatic rings. The van der Waals surface area contributed by atoms with Gasteiger partial charge in [0.05, 0.1) is 17.1 Å². The highest BCUT2D eigenvalue weighted by Crippen LogP contribution is 2.21. The zero-order valence-corrected chi connectivity index (χ0v) is 11.8. The number of fused-ring (bicyclic) bond motifs is 1. The fourth-order valence-electron chi connectivity index (χ4n) is 1.99. The zero-order chi connectivity index (χ0) is 13.2. The first-order valence-electron chi connectivity index (χ1n) is 6.71. The maximum atomic E-state index is 9.88. The summed E-state index contributed by atoms with van der Waals surface area (Å²) in [7, 11) is 0. The van der Waals surface area contributed by atoms with E-state index in [4.69, 9.17) is 0 Å². The van der Waals surface area contributed by atoms with Crippen LogP contribution in [0.2, 0.25) is 0 Å². The molecule has 5 heteroatoms. The molecule has 1 atom stereocenters. The van der Waals surface area contributed by atoms with Crippen LogP contribution in [0.3, 0.4) is 0 Å². The van der Waals surface area contributed by atoms with Crippen LogP contribution in [0.1, 0.15) is 18.4 Å². The standard InChI is InChI=1S/C14H19N3OS/c1-9-2-5-12-13(6-9)17-14(16-12)19-8-11(18)7-15-10-3-4-10/h2,5-6,10-11,15,18H,3-4,7-8H2,1H3,(H,16,17). The lowest BCUT2D eigenvalue weighted by Crippen LogP contribution is -2.29. The van der Waals surface area contributed by atoms with Crippen molar-refractivity contribution in [3.05, 3.63) is 23.8 Å². The minimum absolute atomic E-state index is 0.319. The van der Waals surface area contributed by atoms with E-state index in [2.05, 4.69) is 34.3 Å². The highest BCUT2D eigenvalue weighted by molar-refractivity contribution is 7.99. The summed E-state index contributed by atoms with van der Waals surface area (Å²) in [5.41, 5.74) is 3.27.